The summed E-state index contributed by atoms with van der Waals surface area (Å²) in [5.41, 5.74) is 0. The van der Waals surface area contributed by atoms with Crippen molar-refractivity contribution in [1.82, 2.24) is 5.32 Å². The first kappa shape index (κ1) is 22.9. The summed E-state index contributed by atoms with van der Waals surface area (Å²) in [4.78, 5) is 0. The van der Waals surface area contributed by atoms with Crippen molar-refractivity contribution in [3.8, 4) is 0 Å². The Morgan fingerprint density at radius 3 is 1.43 bits per heavy atom. The van der Waals surface area contributed by atoms with Crippen LogP contribution in [0.15, 0.2) is 0 Å². The molecule has 1 unspecified atom stereocenters. The first-order valence-corrected chi connectivity index (χ1v) is 10.7. The molecule has 2 N–H and O–H groups in total. The van der Waals surface area contributed by atoms with E-state index in [2.05, 4.69) is 19.2 Å². The van der Waals surface area contributed by atoms with Gasteiger partial charge >= 0.3 is 0 Å². The van der Waals surface area contributed by atoms with E-state index in [-0.39, 0.29) is 6.23 Å². The Morgan fingerprint density at radius 1 is 0.565 bits per heavy atom. The summed E-state index contributed by atoms with van der Waals surface area (Å²) in [6.45, 7) is 5.50. The molecule has 0 aromatic carbocycles. The first-order chi connectivity index (χ1) is 11.3. The van der Waals surface area contributed by atoms with E-state index in [4.69, 9.17) is 0 Å². The van der Waals surface area contributed by atoms with Crippen LogP contribution in [0, 0.1) is 0 Å². The Morgan fingerprint density at radius 2 is 0.957 bits per heavy atom. The third-order valence-corrected chi connectivity index (χ3v) is 4.74. The third kappa shape index (κ3) is 19.9. The van der Waals surface area contributed by atoms with Crippen molar-refractivity contribution in [3.05, 3.63) is 0 Å². The molecule has 0 rings (SSSR count). The second kappa shape index (κ2) is 20.0. The second-order valence-corrected chi connectivity index (χ2v) is 7.21. The number of aliphatic hydroxyl groups is 1. The smallest absolute Gasteiger partial charge is 0.104 e. The lowest BCUT2D eigenvalue weighted by molar-refractivity contribution is 0.124. The number of rotatable bonds is 19. The fourth-order valence-electron chi connectivity index (χ4n) is 3.10. The topological polar surface area (TPSA) is 32.3 Å². The van der Waals surface area contributed by atoms with Crippen molar-refractivity contribution in [1.29, 1.82) is 0 Å². The normalized spacial score (nSPS) is 12.7. The number of aliphatic hydroxyl groups excluding tert-OH is 1. The van der Waals surface area contributed by atoms with Gasteiger partial charge in [-0.15, -0.1) is 0 Å². The fraction of sp³-hybridized carbons (Fsp3) is 1.00. The maximum atomic E-state index is 9.88. The van der Waals surface area contributed by atoms with Crippen LogP contribution in [-0.4, -0.2) is 17.9 Å². The monoisotopic (exact) mass is 327 g/mol. The molecule has 0 aromatic heterocycles. The van der Waals surface area contributed by atoms with E-state index >= 15 is 0 Å². The summed E-state index contributed by atoms with van der Waals surface area (Å²) >= 11 is 0. The molecule has 0 aliphatic heterocycles. The Balaban J connectivity index is 3.10. The molecule has 0 aliphatic rings. The highest BCUT2D eigenvalue weighted by atomic mass is 16.3. The van der Waals surface area contributed by atoms with Crippen LogP contribution in [0.3, 0.4) is 0 Å². The molecule has 0 bridgehead atoms. The second-order valence-electron chi connectivity index (χ2n) is 7.21. The Kier molecular flexibility index (Phi) is 19.9. The zero-order chi connectivity index (χ0) is 17.0. The van der Waals surface area contributed by atoms with Crippen LogP contribution in [0.5, 0.6) is 0 Å². The highest BCUT2D eigenvalue weighted by Crippen LogP contribution is 2.12. The van der Waals surface area contributed by atoms with Gasteiger partial charge in [0.2, 0.25) is 0 Å². The highest BCUT2D eigenvalue weighted by Gasteiger charge is 2.02. The molecule has 0 heterocycles. The number of nitrogens with one attached hydrogen (secondary N) is 1. The zero-order valence-electron chi connectivity index (χ0n) is 16.3. The minimum Gasteiger partial charge on any atom is -0.379 e. The quantitative estimate of drug-likeness (QED) is 0.208. The van der Waals surface area contributed by atoms with Crippen molar-refractivity contribution in [2.45, 2.75) is 129 Å². The minimum atomic E-state index is -0.278. The molecule has 0 aliphatic carbocycles. The lowest BCUT2D eigenvalue weighted by Gasteiger charge is -2.12. The van der Waals surface area contributed by atoms with E-state index < -0.39 is 0 Å². The minimum absolute atomic E-state index is 0.278. The first-order valence-electron chi connectivity index (χ1n) is 10.7. The van der Waals surface area contributed by atoms with Crippen molar-refractivity contribution >= 4 is 0 Å². The summed E-state index contributed by atoms with van der Waals surface area (Å²) in [6.07, 6.45) is 22.2. The van der Waals surface area contributed by atoms with Gasteiger partial charge in [0.1, 0.15) is 6.23 Å². The number of hydrogen-bond acceptors (Lipinski definition) is 2. The van der Waals surface area contributed by atoms with Gasteiger partial charge in [-0.1, -0.05) is 104 Å². The van der Waals surface area contributed by atoms with Crippen LogP contribution in [0.4, 0.5) is 0 Å². The Labute approximate surface area is 146 Å². The SMILES string of the molecule is CCCCCCCCCCCCCC(O)NCCCCCCC. The van der Waals surface area contributed by atoms with Gasteiger partial charge in [0, 0.05) is 0 Å². The summed E-state index contributed by atoms with van der Waals surface area (Å²) in [6, 6.07) is 0. The number of hydrogen-bond donors (Lipinski definition) is 2. The van der Waals surface area contributed by atoms with E-state index in [1.807, 2.05) is 0 Å². The van der Waals surface area contributed by atoms with Gasteiger partial charge in [-0.25, -0.2) is 0 Å². The van der Waals surface area contributed by atoms with Gasteiger partial charge in [0.15, 0.2) is 0 Å². The van der Waals surface area contributed by atoms with Crippen LogP contribution < -0.4 is 5.32 Å². The van der Waals surface area contributed by atoms with Crippen LogP contribution >= 0.6 is 0 Å². The lowest BCUT2D eigenvalue weighted by Crippen LogP contribution is -2.29. The molecule has 2 heteroatoms. The molecule has 2 nitrogen and oxygen atoms in total. The standard InChI is InChI=1S/C21H45NO/c1-3-5-7-9-10-11-12-13-14-15-17-19-21(23)22-20-18-16-8-6-4-2/h21-23H,3-20H2,1-2H3. The molecule has 0 saturated carbocycles. The summed E-state index contributed by atoms with van der Waals surface area (Å²) in [5.74, 6) is 0. The fourth-order valence-corrected chi connectivity index (χ4v) is 3.10. The maximum Gasteiger partial charge on any atom is 0.104 e. The Bertz CT molecular complexity index is 208. The molecule has 0 amide bonds. The summed E-state index contributed by atoms with van der Waals surface area (Å²) in [7, 11) is 0. The largest absolute Gasteiger partial charge is 0.379 e. The average Bonchev–Trinajstić information content (AvgIpc) is 2.56. The van der Waals surface area contributed by atoms with E-state index in [9.17, 15) is 5.11 Å². The van der Waals surface area contributed by atoms with Crippen molar-refractivity contribution in [2.24, 2.45) is 0 Å². The number of unbranched alkanes of at least 4 members (excludes halogenated alkanes) is 14. The van der Waals surface area contributed by atoms with Gasteiger partial charge < -0.3 is 5.11 Å². The molecule has 23 heavy (non-hydrogen) atoms. The molecular formula is C21H45NO. The van der Waals surface area contributed by atoms with E-state index in [1.165, 1.54) is 103 Å². The lowest BCUT2D eigenvalue weighted by atomic mass is 10.1. The summed E-state index contributed by atoms with van der Waals surface area (Å²) in [5, 5.41) is 13.1. The van der Waals surface area contributed by atoms with Gasteiger partial charge in [0.25, 0.3) is 0 Å². The van der Waals surface area contributed by atoms with Gasteiger partial charge in [-0.05, 0) is 25.8 Å². The maximum absolute atomic E-state index is 9.88. The highest BCUT2D eigenvalue weighted by molar-refractivity contribution is 4.56. The van der Waals surface area contributed by atoms with E-state index in [0.717, 1.165) is 13.0 Å². The van der Waals surface area contributed by atoms with E-state index in [1.54, 1.807) is 0 Å². The van der Waals surface area contributed by atoms with Gasteiger partial charge in [-0.2, -0.15) is 0 Å². The molecule has 140 valence electrons. The van der Waals surface area contributed by atoms with Crippen LogP contribution in [0.1, 0.15) is 123 Å². The average molecular weight is 328 g/mol. The van der Waals surface area contributed by atoms with E-state index in [0.29, 0.717) is 0 Å². The molecule has 1 atom stereocenters. The van der Waals surface area contributed by atoms with Gasteiger partial charge in [-0.3, -0.25) is 5.32 Å². The Hall–Kier alpha value is -0.0800. The molecule has 0 radical (unpaired) electrons. The van der Waals surface area contributed by atoms with Crippen molar-refractivity contribution in [3.63, 3.8) is 0 Å². The third-order valence-electron chi connectivity index (χ3n) is 4.74. The van der Waals surface area contributed by atoms with Gasteiger partial charge in [0.05, 0.1) is 0 Å². The molecule has 0 fully saturated rings. The van der Waals surface area contributed by atoms with Crippen molar-refractivity contribution in [2.75, 3.05) is 6.54 Å². The van der Waals surface area contributed by atoms with Crippen LogP contribution in [0.25, 0.3) is 0 Å². The van der Waals surface area contributed by atoms with Crippen molar-refractivity contribution < 1.29 is 5.11 Å². The zero-order valence-corrected chi connectivity index (χ0v) is 16.3. The molecular weight excluding hydrogens is 282 g/mol. The molecule has 0 spiro atoms. The van der Waals surface area contributed by atoms with Crippen LogP contribution in [0.2, 0.25) is 0 Å². The molecule has 0 saturated heterocycles. The predicted octanol–water partition coefficient (Wildman–Crippen LogP) is 6.57. The predicted molar refractivity (Wildman–Crippen MR) is 104 cm³/mol. The summed E-state index contributed by atoms with van der Waals surface area (Å²) < 4.78 is 0. The molecule has 0 aromatic rings. The van der Waals surface area contributed by atoms with Crippen LogP contribution in [-0.2, 0) is 0 Å².